The zero-order valence-electron chi connectivity index (χ0n) is 16.2. The Morgan fingerprint density at radius 2 is 1.60 bits per heavy atom. The zero-order valence-corrected chi connectivity index (χ0v) is 17.0. The first kappa shape index (κ1) is 22.0. The maximum Gasteiger partial charge on any atom is 0.315 e. The van der Waals surface area contributed by atoms with Gasteiger partial charge >= 0.3 is 6.03 Å². The number of fused-ring (bicyclic) bond motifs is 1. The van der Waals surface area contributed by atoms with E-state index in [4.69, 9.17) is 0 Å². The lowest BCUT2D eigenvalue weighted by atomic mass is 9.92. The molecule has 2 saturated heterocycles. The number of carbonyl (C=O) groups is 2. The second-order valence-electron chi connectivity index (χ2n) is 8.65. The highest BCUT2D eigenvalue weighted by atomic mass is 35.5. The molecule has 25 heavy (non-hydrogen) atoms. The van der Waals surface area contributed by atoms with Crippen LogP contribution < -0.4 is 16.0 Å². The summed E-state index contributed by atoms with van der Waals surface area (Å²) >= 11 is 0. The van der Waals surface area contributed by atoms with Gasteiger partial charge in [0.2, 0.25) is 5.91 Å². The normalized spacial score (nSPS) is 24.8. The first-order valence-corrected chi connectivity index (χ1v) is 9.25. The third-order valence-corrected chi connectivity index (χ3v) is 5.04. The van der Waals surface area contributed by atoms with Crippen molar-refractivity contribution in [2.75, 3.05) is 26.2 Å². The highest BCUT2D eigenvalue weighted by Gasteiger charge is 2.34. The molecule has 0 aliphatic carbocycles. The summed E-state index contributed by atoms with van der Waals surface area (Å²) in [5.41, 5.74) is -0.318. The molecular weight excluding hydrogens is 340 g/mol. The summed E-state index contributed by atoms with van der Waals surface area (Å²) in [7, 11) is 0. The van der Waals surface area contributed by atoms with E-state index in [-0.39, 0.29) is 35.8 Å². The fourth-order valence-electron chi connectivity index (χ4n) is 3.67. The lowest BCUT2D eigenvalue weighted by Crippen LogP contribution is -2.56. The second-order valence-corrected chi connectivity index (χ2v) is 8.65. The Morgan fingerprint density at radius 3 is 2.04 bits per heavy atom. The number of hydrogen-bond donors (Lipinski definition) is 3. The van der Waals surface area contributed by atoms with Crippen LogP contribution in [0.5, 0.6) is 0 Å². The molecule has 0 saturated carbocycles. The highest BCUT2D eigenvalue weighted by Crippen LogP contribution is 2.27. The largest absolute Gasteiger partial charge is 0.341 e. The van der Waals surface area contributed by atoms with Crippen molar-refractivity contribution in [3.63, 3.8) is 0 Å². The van der Waals surface area contributed by atoms with Gasteiger partial charge in [0, 0.05) is 18.6 Å². The van der Waals surface area contributed by atoms with Crippen molar-refractivity contribution in [3.05, 3.63) is 0 Å². The first-order chi connectivity index (χ1) is 11.2. The van der Waals surface area contributed by atoms with Crippen LogP contribution in [0.1, 0.15) is 47.5 Å². The van der Waals surface area contributed by atoms with Crippen LogP contribution in [0.25, 0.3) is 0 Å². The van der Waals surface area contributed by atoms with Crippen molar-refractivity contribution in [1.29, 1.82) is 0 Å². The van der Waals surface area contributed by atoms with E-state index >= 15 is 0 Å². The van der Waals surface area contributed by atoms with E-state index in [0.29, 0.717) is 11.8 Å². The van der Waals surface area contributed by atoms with Crippen molar-refractivity contribution in [2.45, 2.75) is 59.0 Å². The molecular formula is C18H35ClN4O2. The minimum absolute atomic E-state index is 0. The number of carbonyl (C=O) groups excluding carboxylic acids is 2. The Balaban J connectivity index is 0.00000312. The van der Waals surface area contributed by atoms with E-state index in [1.165, 1.54) is 0 Å². The van der Waals surface area contributed by atoms with Crippen molar-refractivity contribution in [3.8, 4) is 0 Å². The van der Waals surface area contributed by atoms with Crippen LogP contribution in [-0.4, -0.2) is 54.6 Å². The van der Waals surface area contributed by atoms with Crippen LogP contribution in [0, 0.1) is 17.8 Å². The van der Waals surface area contributed by atoms with Crippen molar-refractivity contribution < 1.29 is 9.59 Å². The number of nitrogens with one attached hydrogen (secondary N) is 3. The molecule has 2 aliphatic heterocycles. The molecule has 2 rings (SSSR count). The fourth-order valence-corrected chi connectivity index (χ4v) is 3.67. The standard InChI is InChI=1S/C18H34N4O2.ClH/c1-12(2)15(20-17(24)21-18(3,4)5)16(23)22-8-6-13-10-19-11-14(13)7-9-22;/h12-15,19H,6-11H2,1-5H3,(H2,20,21,24);1H/t13-,14+,15-;/m0./s1. The predicted octanol–water partition coefficient (Wildman–Crippen LogP) is 1.99. The van der Waals surface area contributed by atoms with Gasteiger partial charge in [-0.2, -0.15) is 0 Å². The van der Waals surface area contributed by atoms with Crippen LogP contribution in [0.4, 0.5) is 4.79 Å². The van der Waals surface area contributed by atoms with Gasteiger partial charge in [0.05, 0.1) is 0 Å². The predicted molar refractivity (Wildman–Crippen MR) is 103 cm³/mol. The van der Waals surface area contributed by atoms with Gasteiger partial charge in [0.25, 0.3) is 0 Å². The summed E-state index contributed by atoms with van der Waals surface area (Å²) < 4.78 is 0. The molecule has 6 nitrogen and oxygen atoms in total. The molecule has 3 amide bonds. The number of likely N-dealkylation sites (tertiary alicyclic amines) is 1. The van der Waals surface area contributed by atoms with E-state index in [1.807, 2.05) is 39.5 Å². The van der Waals surface area contributed by atoms with E-state index in [0.717, 1.165) is 39.0 Å². The van der Waals surface area contributed by atoms with Crippen LogP contribution >= 0.6 is 12.4 Å². The molecule has 7 heteroatoms. The lowest BCUT2D eigenvalue weighted by molar-refractivity contribution is -0.134. The monoisotopic (exact) mass is 374 g/mol. The molecule has 3 atom stereocenters. The zero-order chi connectivity index (χ0) is 17.9. The summed E-state index contributed by atoms with van der Waals surface area (Å²) in [4.78, 5) is 27.1. The Labute approximate surface area is 158 Å². The Morgan fingerprint density at radius 1 is 1.08 bits per heavy atom. The molecule has 0 radical (unpaired) electrons. The number of rotatable bonds is 3. The first-order valence-electron chi connectivity index (χ1n) is 9.25. The van der Waals surface area contributed by atoms with Crippen LogP contribution in [-0.2, 0) is 4.79 Å². The van der Waals surface area contributed by atoms with Gasteiger partial charge in [-0.1, -0.05) is 13.8 Å². The average Bonchev–Trinajstić information content (AvgIpc) is 2.81. The topological polar surface area (TPSA) is 73.5 Å². The molecule has 0 unspecified atom stereocenters. The summed E-state index contributed by atoms with van der Waals surface area (Å²) in [6, 6.07) is -0.742. The van der Waals surface area contributed by atoms with E-state index < -0.39 is 6.04 Å². The summed E-state index contributed by atoms with van der Waals surface area (Å²) in [5.74, 6) is 1.50. The quantitative estimate of drug-likeness (QED) is 0.707. The van der Waals surface area contributed by atoms with E-state index in [1.54, 1.807) is 0 Å². The molecule has 146 valence electrons. The van der Waals surface area contributed by atoms with Crippen LogP contribution in [0.15, 0.2) is 0 Å². The molecule has 3 N–H and O–H groups in total. The number of amides is 3. The van der Waals surface area contributed by atoms with E-state index in [2.05, 4.69) is 16.0 Å². The number of nitrogens with zero attached hydrogens (tertiary/aromatic N) is 1. The lowest BCUT2D eigenvalue weighted by Gasteiger charge is -2.30. The van der Waals surface area contributed by atoms with Crippen molar-refractivity contribution >= 4 is 24.3 Å². The smallest absolute Gasteiger partial charge is 0.315 e. The minimum Gasteiger partial charge on any atom is -0.341 e. The minimum atomic E-state index is -0.469. The third kappa shape index (κ3) is 6.33. The second kappa shape index (κ2) is 9.08. The number of urea groups is 1. The highest BCUT2D eigenvalue weighted by molar-refractivity contribution is 5.87. The van der Waals surface area contributed by atoms with Crippen LogP contribution in [0.2, 0.25) is 0 Å². The Hall–Kier alpha value is -1.01. The van der Waals surface area contributed by atoms with Crippen molar-refractivity contribution in [1.82, 2.24) is 20.9 Å². The maximum atomic E-state index is 13.0. The molecule has 0 aromatic carbocycles. The summed E-state index contributed by atoms with van der Waals surface area (Å²) in [6.07, 6.45) is 2.12. The average molecular weight is 375 g/mol. The van der Waals surface area contributed by atoms with Gasteiger partial charge < -0.3 is 20.9 Å². The molecule has 0 bridgehead atoms. The van der Waals surface area contributed by atoms with Gasteiger partial charge in [-0.15, -0.1) is 12.4 Å². The molecule has 2 fully saturated rings. The van der Waals surface area contributed by atoms with Crippen LogP contribution in [0.3, 0.4) is 0 Å². The van der Waals surface area contributed by atoms with E-state index in [9.17, 15) is 9.59 Å². The SMILES string of the molecule is CC(C)[C@H](NC(=O)NC(C)(C)C)C(=O)N1CC[C@@H]2CNC[C@@H]2CC1.Cl. The third-order valence-electron chi connectivity index (χ3n) is 5.04. The molecule has 0 aromatic rings. The number of hydrogen-bond acceptors (Lipinski definition) is 3. The molecule has 0 aromatic heterocycles. The summed E-state index contributed by atoms with van der Waals surface area (Å²) in [6.45, 7) is 13.5. The van der Waals surface area contributed by atoms with Gasteiger partial charge in [0.1, 0.15) is 6.04 Å². The van der Waals surface area contributed by atoms with Crippen molar-refractivity contribution in [2.24, 2.45) is 17.8 Å². The van der Waals surface area contributed by atoms with Gasteiger partial charge in [-0.05, 0) is 64.5 Å². The molecule has 2 heterocycles. The van der Waals surface area contributed by atoms with Gasteiger partial charge in [-0.3, -0.25) is 4.79 Å². The maximum absolute atomic E-state index is 13.0. The molecule has 2 aliphatic rings. The Kier molecular flexibility index (Phi) is 8.00. The fraction of sp³-hybridized carbons (Fsp3) is 0.889. The van der Waals surface area contributed by atoms with Gasteiger partial charge in [-0.25, -0.2) is 4.79 Å². The summed E-state index contributed by atoms with van der Waals surface area (Å²) in [5, 5.41) is 9.22. The Bertz CT molecular complexity index is 450. The molecule has 0 spiro atoms. The number of halogens is 1. The van der Waals surface area contributed by atoms with Gasteiger partial charge in [0.15, 0.2) is 0 Å².